The molecule has 1 nitrogen and oxygen atoms in total. The van der Waals surface area contributed by atoms with Gasteiger partial charge in [-0.05, 0) is 43.0 Å². The highest BCUT2D eigenvalue weighted by atomic mass is 35.5. The van der Waals surface area contributed by atoms with Crippen molar-refractivity contribution in [2.75, 3.05) is 0 Å². The highest BCUT2D eigenvalue weighted by Gasteiger charge is 2.12. The van der Waals surface area contributed by atoms with Gasteiger partial charge in [-0.15, -0.1) is 11.3 Å². The lowest BCUT2D eigenvalue weighted by Gasteiger charge is -2.20. The zero-order chi connectivity index (χ0) is 13.1. The van der Waals surface area contributed by atoms with Gasteiger partial charge in [0.1, 0.15) is 0 Å². The van der Waals surface area contributed by atoms with Gasteiger partial charge in [0, 0.05) is 17.0 Å². The molecular weight excluding hydrogens is 285 g/mol. The maximum Gasteiger partial charge on any atom is 0.0595 e. The summed E-state index contributed by atoms with van der Waals surface area (Å²) >= 11 is 13.7. The van der Waals surface area contributed by atoms with Crippen molar-refractivity contribution in [2.24, 2.45) is 0 Å². The molecular formula is C14H15Cl2NS. The standard InChI is InChI=1S/C14H15Cl2NS/c1-9(11-5-6-12(15)13(16)8-11)17-10(2)14-4-3-7-18-14/h3-10,17H,1-2H3/t9?,10-/m1/s1. The van der Waals surface area contributed by atoms with Crippen molar-refractivity contribution in [3.8, 4) is 0 Å². The van der Waals surface area contributed by atoms with Gasteiger partial charge in [0.2, 0.25) is 0 Å². The van der Waals surface area contributed by atoms with Crippen LogP contribution in [0.1, 0.15) is 36.4 Å². The molecule has 0 aliphatic heterocycles. The molecule has 96 valence electrons. The highest BCUT2D eigenvalue weighted by molar-refractivity contribution is 7.10. The monoisotopic (exact) mass is 299 g/mol. The van der Waals surface area contributed by atoms with E-state index in [4.69, 9.17) is 23.2 Å². The first kappa shape index (κ1) is 13.9. The van der Waals surface area contributed by atoms with E-state index in [1.54, 1.807) is 11.3 Å². The minimum Gasteiger partial charge on any atom is -0.303 e. The Kier molecular flexibility index (Phi) is 4.68. The van der Waals surface area contributed by atoms with Crippen LogP contribution < -0.4 is 5.32 Å². The van der Waals surface area contributed by atoms with E-state index in [-0.39, 0.29) is 6.04 Å². The third-order valence-electron chi connectivity index (χ3n) is 2.91. The molecule has 0 saturated carbocycles. The third-order valence-corrected chi connectivity index (χ3v) is 4.71. The summed E-state index contributed by atoms with van der Waals surface area (Å²) in [6.07, 6.45) is 0. The smallest absolute Gasteiger partial charge is 0.0595 e. The molecule has 1 N–H and O–H groups in total. The molecule has 4 heteroatoms. The zero-order valence-corrected chi connectivity index (χ0v) is 12.6. The van der Waals surface area contributed by atoms with Crippen molar-refractivity contribution in [1.29, 1.82) is 0 Å². The number of rotatable bonds is 4. The molecule has 0 saturated heterocycles. The second kappa shape index (κ2) is 6.07. The first-order valence-corrected chi connectivity index (χ1v) is 7.46. The van der Waals surface area contributed by atoms with Gasteiger partial charge in [0.15, 0.2) is 0 Å². The summed E-state index contributed by atoms with van der Waals surface area (Å²) in [5, 5.41) is 6.85. The van der Waals surface area contributed by atoms with E-state index in [2.05, 4.69) is 36.7 Å². The minimum absolute atomic E-state index is 0.233. The van der Waals surface area contributed by atoms with E-state index < -0.39 is 0 Å². The number of hydrogen-bond acceptors (Lipinski definition) is 2. The van der Waals surface area contributed by atoms with Crippen LogP contribution >= 0.6 is 34.5 Å². The average molecular weight is 300 g/mol. The number of benzene rings is 1. The van der Waals surface area contributed by atoms with Crippen LogP contribution in [0.15, 0.2) is 35.7 Å². The lowest BCUT2D eigenvalue weighted by atomic mass is 10.1. The quantitative estimate of drug-likeness (QED) is 0.789. The molecule has 0 amide bonds. The summed E-state index contributed by atoms with van der Waals surface area (Å²) in [4.78, 5) is 1.34. The summed E-state index contributed by atoms with van der Waals surface area (Å²) < 4.78 is 0. The molecule has 2 atom stereocenters. The second-order valence-electron chi connectivity index (χ2n) is 4.30. The molecule has 2 rings (SSSR count). The van der Waals surface area contributed by atoms with Gasteiger partial charge in [-0.25, -0.2) is 0 Å². The van der Waals surface area contributed by atoms with Crippen LogP contribution in [-0.4, -0.2) is 0 Å². The average Bonchev–Trinajstić information content (AvgIpc) is 2.86. The third kappa shape index (κ3) is 3.27. The Hall–Kier alpha value is -0.540. The maximum atomic E-state index is 6.04. The maximum absolute atomic E-state index is 6.04. The molecule has 0 fully saturated rings. The first-order chi connectivity index (χ1) is 8.58. The molecule has 0 spiro atoms. The van der Waals surface area contributed by atoms with Crippen molar-refractivity contribution in [2.45, 2.75) is 25.9 Å². The van der Waals surface area contributed by atoms with E-state index in [1.165, 1.54) is 4.88 Å². The first-order valence-electron chi connectivity index (χ1n) is 5.82. The van der Waals surface area contributed by atoms with Crippen LogP contribution in [0.25, 0.3) is 0 Å². The van der Waals surface area contributed by atoms with Crippen molar-refractivity contribution in [3.05, 3.63) is 56.2 Å². The van der Waals surface area contributed by atoms with Gasteiger partial charge in [0.05, 0.1) is 10.0 Å². The summed E-state index contributed by atoms with van der Waals surface area (Å²) in [6, 6.07) is 10.5. The Labute approximate surface area is 122 Å². The molecule has 1 unspecified atom stereocenters. The van der Waals surface area contributed by atoms with Crippen LogP contribution in [0.3, 0.4) is 0 Å². The van der Waals surface area contributed by atoms with Crippen molar-refractivity contribution < 1.29 is 0 Å². The highest BCUT2D eigenvalue weighted by Crippen LogP contribution is 2.27. The molecule has 1 aromatic heterocycles. The molecule has 1 aromatic carbocycles. The number of hydrogen-bond donors (Lipinski definition) is 1. The minimum atomic E-state index is 0.233. The van der Waals surface area contributed by atoms with Crippen LogP contribution in [-0.2, 0) is 0 Å². The Balaban J connectivity index is 2.07. The number of thiophene rings is 1. The fraction of sp³-hybridized carbons (Fsp3) is 0.286. The lowest BCUT2D eigenvalue weighted by molar-refractivity contribution is 0.500. The predicted octanol–water partition coefficient (Wildman–Crippen LogP) is 5.47. The molecule has 0 radical (unpaired) electrons. The van der Waals surface area contributed by atoms with E-state index in [0.29, 0.717) is 16.1 Å². The fourth-order valence-electron chi connectivity index (χ4n) is 1.87. The molecule has 18 heavy (non-hydrogen) atoms. The Morgan fingerprint density at radius 1 is 1.06 bits per heavy atom. The Morgan fingerprint density at radius 3 is 2.44 bits per heavy atom. The molecule has 2 aromatic rings. The van der Waals surface area contributed by atoms with Crippen molar-refractivity contribution >= 4 is 34.5 Å². The predicted molar refractivity (Wildman–Crippen MR) is 80.7 cm³/mol. The Morgan fingerprint density at radius 2 is 1.83 bits per heavy atom. The fourth-order valence-corrected chi connectivity index (χ4v) is 2.92. The van der Waals surface area contributed by atoms with Crippen LogP contribution in [0.2, 0.25) is 10.0 Å². The number of halogens is 2. The van der Waals surface area contributed by atoms with Gasteiger partial charge < -0.3 is 5.32 Å². The normalized spacial score (nSPS) is 14.4. The van der Waals surface area contributed by atoms with Gasteiger partial charge in [-0.2, -0.15) is 0 Å². The summed E-state index contributed by atoms with van der Waals surface area (Å²) in [5.41, 5.74) is 1.15. The van der Waals surface area contributed by atoms with Crippen LogP contribution in [0.4, 0.5) is 0 Å². The molecule has 0 bridgehead atoms. The number of nitrogens with one attached hydrogen (secondary N) is 1. The van der Waals surface area contributed by atoms with E-state index in [0.717, 1.165) is 5.56 Å². The zero-order valence-electron chi connectivity index (χ0n) is 10.3. The van der Waals surface area contributed by atoms with Crippen LogP contribution in [0, 0.1) is 0 Å². The topological polar surface area (TPSA) is 12.0 Å². The van der Waals surface area contributed by atoms with Crippen molar-refractivity contribution in [1.82, 2.24) is 5.32 Å². The second-order valence-corrected chi connectivity index (χ2v) is 6.09. The van der Waals surface area contributed by atoms with E-state index in [9.17, 15) is 0 Å². The van der Waals surface area contributed by atoms with E-state index >= 15 is 0 Å². The van der Waals surface area contributed by atoms with Gasteiger partial charge >= 0.3 is 0 Å². The SMILES string of the molecule is CC(N[C@H](C)c1cccs1)c1ccc(Cl)c(Cl)c1. The molecule has 0 aliphatic carbocycles. The summed E-state index contributed by atoms with van der Waals surface area (Å²) in [6.45, 7) is 4.30. The molecule has 1 heterocycles. The van der Waals surface area contributed by atoms with Gasteiger partial charge in [-0.1, -0.05) is 35.3 Å². The van der Waals surface area contributed by atoms with Crippen LogP contribution in [0.5, 0.6) is 0 Å². The largest absolute Gasteiger partial charge is 0.303 e. The Bertz CT molecular complexity index is 511. The summed E-state index contributed by atoms with van der Waals surface area (Å²) in [7, 11) is 0. The summed E-state index contributed by atoms with van der Waals surface area (Å²) in [5.74, 6) is 0. The van der Waals surface area contributed by atoms with Crippen molar-refractivity contribution in [3.63, 3.8) is 0 Å². The van der Waals surface area contributed by atoms with Gasteiger partial charge in [0.25, 0.3) is 0 Å². The molecule has 0 aliphatic rings. The lowest BCUT2D eigenvalue weighted by Crippen LogP contribution is -2.21. The van der Waals surface area contributed by atoms with Gasteiger partial charge in [-0.3, -0.25) is 0 Å². The van der Waals surface area contributed by atoms with E-state index in [1.807, 2.05) is 18.2 Å².